The normalized spacial score (nSPS) is 11.4. The quantitative estimate of drug-likeness (QED) is 0.771. The monoisotopic (exact) mass is 386 g/mol. The lowest BCUT2D eigenvalue weighted by molar-refractivity contribution is -0.121. The van der Waals surface area contributed by atoms with E-state index in [2.05, 4.69) is 26.3 Å². The zero-order valence-corrected chi connectivity index (χ0v) is 14.0. The molecule has 118 valence electrons. The van der Waals surface area contributed by atoms with Crippen LogP contribution in [0.3, 0.4) is 0 Å². The topological polar surface area (TPSA) is 107 Å². The van der Waals surface area contributed by atoms with Crippen LogP contribution in [0.4, 0.5) is 0 Å². The summed E-state index contributed by atoms with van der Waals surface area (Å²) in [4.78, 5) is 11.8. The molecule has 1 aromatic heterocycles. The van der Waals surface area contributed by atoms with Crippen LogP contribution in [0.25, 0.3) is 0 Å². The van der Waals surface area contributed by atoms with Gasteiger partial charge in [-0.15, -0.1) is 0 Å². The van der Waals surface area contributed by atoms with Crippen molar-refractivity contribution in [1.82, 2.24) is 15.1 Å². The van der Waals surface area contributed by atoms with Crippen LogP contribution in [-0.4, -0.2) is 24.1 Å². The Morgan fingerprint density at radius 2 is 2.00 bits per heavy atom. The van der Waals surface area contributed by atoms with E-state index in [9.17, 15) is 13.2 Å². The number of hydrogen-bond donors (Lipinski definition) is 2. The lowest BCUT2D eigenvalue weighted by atomic mass is 10.2. The van der Waals surface area contributed by atoms with Crippen LogP contribution >= 0.6 is 15.9 Å². The number of primary sulfonamides is 1. The molecule has 0 saturated heterocycles. The van der Waals surface area contributed by atoms with Crippen molar-refractivity contribution in [2.24, 2.45) is 5.14 Å². The van der Waals surface area contributed by atoms with Gasteiger partial charge in [-0.2, -0.15) is 5.10 Å². The minimum Gasteiger partial charge on any atom is -0.352 e. The molecule has 0 aliphatic rings. The first-order valence-electron chi connectivity index (χ1n) is 6.41. The molecule has 22 heavy (non-hydrogen) atoms. The van der Waals surface area contributed by atoms with Crippen LogP contribution in [0, 0.1) is 0 Å². The predicted molar refractivity (Wildman–Crippen MR) is 84.2 cm³/mol. The summed E-state index contributed by atoms with van der Waals surface area (Å²) < 4.78 is 24.8. The van der Waals surface area contributed by atoms with Gasteiger partial charge >= 0.3 is 0 Å². The first-order chi connectivity index (χ1) is 10.3. The van der Waals surface area contributed by atoms with Gasteiger partial charge in [-0.3, -0.25) is 9.48 Å². The summed E-state index contributed by atoms with van der Waals surface area (Å²) in [6, 6.07) is 6.06. The van der Waals surface area contributed by atoms with Crippen molar-refractivity contribution >= 4 is 31.9 Å². The van der Waals surface area contributed by atoms with Gasteiger partial charge in [0.05, 0.1) is 15.6 Å². The Morgan fingerprint density at radius 3 is 2.55 bits per heavy atom. The van der Waals surface area contributed by atoms with Gasteiger partial charge in [0.25, 0.3) is 0 Å². The smallest absolute Gasteiger partial charge is 0.238 e. The van der Waals surface area contributed by atoms with Gasteiger partial charge in [-0.1, -0.05) is 12.1 Å². The number of nitrogens with one attached hydrogen (secondary N) is 1. The number of carbonyl (C=O) groups is 1. The molecule has 0 atom stereocenters. The highest BCUT2D eigenvalue weighted by Gasteiger charge is 2.07. The molecule has 0 unspecified atom stereocenters. The molecule has 1 aromatic carbocycles. The van der Waals surface area contributed by atoms with Crippen molar-refractivity contribution in [2.45, 2.75) is 24.4 Å². The number of hydrogen-bond acceptors (Lipinski definition) is 4. The van der Waals surface area contributed by atoms with Gasteiger partial charge in [0.15, 0.2) is 0 Å². The number of aryl methyl sites for hydroxylation is 1. The van der Waals surface area contributed by atoms with Crippen molar-refractivity contribution in [1.29, 1.82) is 0 Å². The molecule has 1 amide bonds. The van der Waals surface area contributed by atoms with Crippen molar-refractivity contribution in [3.63, 3.8) is 0 Å². The Bertz CT molecular complexity index is 756. The fourth-order valence-corrected chi connectivity index (χ4v) is 2.61. The second-order valence-electron chi connectivity index (χ2n) is 4.64. The van der Waals surface area contributed by atoms with Crippen molar-refractivity contribution < 1.29 is 13.2 Å². The van der Waals surface area contributed by atoms with Crippen LogP contribution in [0.15, 0.2) is 46.0 Å². The molecule has 0 aliphatic carbocycles. The van der Waals surface area contributed by atoms with Crippen LogP contribution in [0.2, 0.25) is 0 Å². The fourth-order valence-electron chi connectivity index (χ4n) is 1.76. The Balaban J connectivity index is 1.81. The lowest BCUT2D eigenvalue weighted by Gasteiger charge is -2.06. The van der Waals surface area contributed by atoms with Crippen LogP contribution in [0.1, 0.15) is 12.0 Å². The highest BCUT2D eigenvalue weighted by atomic mass is 79.9. The van der Waals surface area contributed by atoms with E-state index in [0.29, 0.717) is 19.5 Å². The Hall–Kier alpha value is -1.71. The highest BCUT2D eigenvalue weighted by Crippen LogP contribution is 2.09. The number of amides is 1. The second kappa shape index (κ2) is 7.03. The fraction of sp³-hybridized carbons (Fsp3) is 0.231. The van der Waals surface area contributed by atoms with Crippen molar-refractivity contribution in [3.8, 4) is 0 Å². The van der Waals surface area contributed by atoms with Gasteiger partial charge < -0.3 is 5.32 Å². The van der Waals surface area contributed by atoms with Crippen LogP contribution in [-0.2, 0) is 27.9 Å². The molecule has 3 N–H and O–H groups in total. The van der Waals surface area contributed by atoms with E-state index in [1.807, 2.05) is 0 Å². The second-order valence-corrected chi connectivity index (χ2v) is 7.11. The van der Waals surface area contributed by atoms with E-state index < -0.39 is 10.0 Å². The minimum atomic E-state index is -3.69. The highest BCUT2D eigenvalue weighted by molar-refractivity contribution is 9.10. The number of aromatic nitrogens is 2. The summed E-state index contributed by atoms with van der Waals surface area (Å²) in [5, 5.41) is 11.8. The SMILES string of the molecule is NS(=O)(=O)c1ccc(CNC(=O)CCn2cc(Br)cn2)cc1. The number of nitrogens with two attached hydrogens (primary N) is 1. The third-order valence-electron chi connectivity index (χ3n) is 2.91. The molecule has 9 heteroatoms. The van der Waals surface area contributed by atoms with Crippen molar-refractivity contribution in [2.75, 3.05) is 0 Å². The van der Waals surface area contributed by atoms with Crippen LogP contribution < -0.4 is 10.5 Å². The minimum absolute atomic E-state index is 0.0480. The Morgan fingerprint density at radius 1 is 1.32 bits per heavy atom. The van der Waals surface area contributed by atoms with Gasteiger partial charge in [0.1, 0.15) is 0 Å². The Labute approximate surface area is 136 Å². The average molecular weight is 387 g/mol. The summed E-state index contributed by atoms with van der Waals surface area (Å²) in [7, 11) is -3.69. The molecule has 2 aromatic rings. The number of rotatable bonds is 6. The molecule has 0 saturated carbocycles. The summed E-state index contributed by atoms with van der Waals surface area (Å²) in [6.07, 6.45) is 3.76. The third-order valence-corrected chi connectivity index (χ3v) is 4.25. The van der Waals surface area contributed by atoms with E-state index in [4.69, 9.17) is 5.14 Å². The number of carbonyl (C=O) groups excluding carboxylic acids is 1. The maximum Gasteiger partial charge on any atom is 0.238 e. The predicted octanol–water partition coefficient (Wildman–Crippen LogP) is 0.999. The van der Waals surface area contributed by atoms with E-state index in [-0.39, 0.29) is 10.8 Å². The standard InChI is InChI=1S/C13H15BrN4O3S/c14-11-8-17-18(9-11)6-5-13(19)16-7-10-1-3-12(4-2-10)22(15,20)21/h1-4,8-9H,5-7H2,(H,16,19)(H2,15,20,21). The molecule has 0 fully saturated rings. The molecule has 2 rings (SSSR count). The van der Waals surface area contributed by atoms with E-state index in [1.165, 1.54) is 12.1 Å². The van der Waals surface area contributed by atoms with Gasteiger partial charge in [-0.25, -0.2) is 13.6 Å². The summed E-state index contributed by atoms with van der Waals surface area (Å²) in [5.41, 5.74) is 0.794. The van der Waals surface area contributed by atoms with Crippen LogP contribution in [0.5, 0.6) is 0 Å². The molecule has 0 bridgehead atoms. The first-order valence-corrected chi connectivity index (χ1v) is 8.75. The number of benzene rings is 1. The summed E-state index contributed by atoms with van der Waals surface area (Å²) >= 11 is 3.28. The van der Waals surface area contributed by atoms with E-state index >= 15 is 0 Å². The summed E-state index contributed by atoms with van der Waals surface area (Å²) in [5.74, 6) is -0.109. The van der Waals surface area contributed by atoms with Gasteiger partial charge in [0, 0.05) is 25.7 Å². The molecular weight excluding hydrogens is 372 g/mol. The molecular formula is C13H15BrN4O3S. The van der Waals surface area contributed by atoms with Gasteiger partial charge in [-0.05, 0) is 33.6 Å². The molecule has 1 heterocycles. The zero-order valence-electron chi connectivity index (χ0n) is 11.6. The van der Waals surface area contributed by atoms with Gasteiger partial charge in [0.2, 0.25) is 15.9 Å². The third kappa shape index (κ3) is 4.93. The molecule has 7 nitrogen and oxygen atoms in total. The zero-order chi connectivity index (χ0) is 16.2. The number of sulfonamides is 1. The first kappa shape index (κ1) is 16.7. The maximum atomic E-state index is 11.7. The lowest BCUT2D eigenvalue weighted by Crippen LogP contribution is -2.24. The Kier molecular flexibility index (Phi) is 5.33. The average Bonchev–Trinajstić information content (AvgIpc) is 2.88. The molecule has 0 spiro atoms. The maximum absolute atomic E-state index is 11.7. The summed E-state index contributed by atoms with van der Waals surface area (Å²) in [6.45, 7) is 0.814. The molecule has 0 aliphatic heterocycles. The van der Waals surface area contributed by atoms with E-state index in [0.717, 1.165) is 10.0 Å². The van der Waals surface area contributed by atoms with E-state index in [1.54, 1.807) is 29.2 Å². The largest absolute Gasteiger partial charge is 0.352 e. The van der Waals surface area contributed by atoms with Crippen molar-refractivity contribution in [3.05, 3.63) is 46.7 Å². The molecule has 0 radical (unpaired) electrons. The number of halogens is 1. The number of nitrogens with zero attached hydrogens (tertiary/aromatic N) is 2.